The fourth-order valence-corrected chi connectivity index (χ4v) is 5.68. The van der Waals surface area contributed by atoms with E-state index in [0.29, 0.717) is 37.1 Å². The van der Waals surface area contributed by atoms with Gasteiger partial charge in [0.1, 0.15) is 10.6 Å². The summed E-state index contributed by atoms with van der Waals surface area (Å²) in [6.45, 7) is 0.503. The van der Waals surface area contributed by atoms with Crippen LogP contribution >= 0.6 is 11.8 Å². The number of nitrogens with one attached hydrogen (secondary N) is 1. The molecule has 1 aromatic rings. The minimum absolute atomic E-state index is 0.0311. The van der Waals surface area contributed by atoms with Gasteiger partial charge in [-0.05, 0) is 24.7 Å². The average molecular weight is 442 g/mol. The van der Waals surface area contributed by atoms with Crippen molar-refractivity contribution >= 4 is 27.5 Å². The molecule has 0 fully saturated rings. The van der Waals surface area contributed by atoms with E-state index >= 15 is 0 Å². The van der Waals surface area contributed by atoms with Gasteiger partial charge in [0.15, 0.2) is 0 Å². The smallest absolute Gasteiger partial charge is 0.302 e. The van der Waals surface area contributed by atoms with Gasteiger partial charge in [0.25, 0.3) is 5.56 Å². The molecule has 0 saturated carbocycles. The Morgan fingerprint density at radius 1 is 1.41 bits per heavy atom. The molecule has 3 N–H and O–H groups in total. The number of aromatic amines is 1. The van der Waals surface area contributed by atoms with Gasteiger partial charge in [-0.3, -0.25) is 14.3 Å². The van der Waals surface area contributed by atoms with Crippen LogP contribution in [0.25, 0.3) is 0 Å². The van der Waals surface area contributed by atoms with Gasteiger partial charge in [0.05, 0.1) is 0 Å². The molecule has 0 spiro atoms. The molecule has 0 unspecified atom stereocenters. The monoisotopic (exact) mass is 441 g/mol. The van der Waals surface area contributed by atoms with Gasteiger partial charge in [-0.1, -0.05) is 17.3 Å². The summed E-state index contributed by atoms with van der Waals surface area (Å²) in [5.74, 6) is 6.38. The van der Waals surface area contributed by atoms with Crippen LogP contribution < -0.4 is 17.1 Å². The van der Waals surface area contributed by atoms with E-state index < -0.39 is 15.7 Å². The quantitative estimate of drug-likeness (QED) is 0.571. The summed E-state index contributed by atoms with van der Waals surface area (Å²) < 4.78 is 28.5. The highest BCUT2D eigenvalue weighted by Gasteiger charge is 2.28. The predicted molar refractivity (Wildman–Crippen MR) is 112 cm³/mol. The molecular formula is C17H23N5O5S2. The Labute approximate surface area is 172 Å². The van der Waals surface area contributed by atoms with Crippen molar-refractivity contribution in [1.29, 1.82) is 0 Å². The lowest BCUT2D eigenvalue weighted by Gasteiger charge is -2.22. The number of fused-ring (bicyclic) bond motifs is 1. The lowest BCUT2D eigenvalue weighted by molar-refractivity contribution is 0.148. The number of sulfonamides is 1. The maximum absolute atomic E-state index is 12.9. The van der Waals surface area contributed by atoms with E-state index in [1.165, 1.54) is 17.4 Å². The standard InChI is InChI=1S/C17H23N5O5S2/c1-21(29(25,26)15-6-3-2-5-13(15)20-27-18)8-4-9-22-14-7-10-28-11-12(14)16(23)19-17(22)24/h2-3,6H,4-5,7-11,18H2,1H3,(H,19,23,24)/b20-13+. The molecule has 1 aliphatic heterocycles. The topological polar surface area (TPSA) is 140 Å². The molecule has 158 valence electrons. The van der Waals surface area contributed by atoms with Crippen LogP contribution in [0, 0.1) is 0 Å². The summed E-state index contributed by atoms with van der Waals surface area (Å²) in [4.78, 5) is 30.9. The molecule has 0 amide bonds. The van der Waals surface area contributed by atoms with E-state index in [9.17, 15) is 18.0 Å². The highest BCUT2D eigenvalue weighted by atomic mass is 32.2. The molecule has 0 saturated heterocycles. The van der Waals surface area contributed by atoms with Crippen molar-refractivity contribution in [2.24, 2.45) is 11.1 Å². The Morgan fingerprint density at radius 3 is 2.97 bits per heavy atom. The van der Waals surface area contributed by atoms with Crippen LogP contribution in [0.4, 0.5) is 0 Å². The number of nitrogens with zero attached hydrogens (tertiary/aromatic N) is 3. The fourth-order valence-electron chi connectivity index (χ4n) is 3.32. The lowest BCUT2D eigenvalue weighted by atomic mass is 10.1. The van der Waals surface area contributed by atoms with Crippen molar-refractivity contribution in [2.75, 3.05) is 19.3 Å². The average Bonchev–Trinajstić information content (AvgIpc) is 2.71. The molecule has 0 radical (unpaired) electrons. The van der Waals surface area contributed by atoms with Gasteiger partial charge in [-0.25, -0.2) is 17.5 Å². The highest BCUT2D eigenvalue weighted by molar-refractivity contribution is 7.98. The maximum Gasteiger partial charge on any atom is 0.328 e. The molecule has 1 aromatic heterocycles. The first-order chi connectivity index (χ1) is 13.9. The van der Waals surface area contributed by atoms with Gasteiger partial charge in [-0.2, -0.15) is 11.8 Å². The zero-order valence-electron chi connectivity index (χ0n) is 16.0. The Balaban J connectivity index is 1.74. The first-order valence-electron chi connectivity index (χ1n) is 9.05. The van der Waals surface area contributed by atoms with Crippen molar-refractivity contribution in [1.82, 2.24) is 13.9 Å². The molecular weight excluding hydrogens is 418 g/mol. The number of oxime groups is 1. The third kappa shape index (κ3) is 4.55. The van der Waals surface area contributed by atoms with E-state index in [2.05, 4.69) is 15.1 Å². The number of thioether (sulfide) groups is 1. The molecule has 10 nitrogen and oxygen atoms in total. The number of nitrogens with two attached hydrogens (primary N) is 1. The number of H-pyrrole nitrogens is 1. The van der Waals surface area contributed by atoms with Gasteiger partial charge in [-0.15, -0.1) is 5.90 Å². The first kappa shape index (κ1) is 21.6. The second-order valence-corrected chi connectivity index (χ2v) is 9.74. The molecule has 2 heterocycles. The normalized spacial score (nSPS) is 18.0. The molecule has 1 aliphatic carbocycles. The van der Waals surface area contributed by atoms with Crippen molar-refractivity contribution in [2.45, 2.75) is 31.6 Å². The lowest BCUT2D eigenvalue weighted by Crippen LogP contribution is -2.38. The third-order valence-electron chi connectivity index (χ3n) is 4.83. The van der Waals surface area contributed by atoms with E-state index in [1.54, 1.807) is 28.5 Å². The van der Waals surface area contributed by atoms with Crippen LogP contribution in [0.2, 0.25) is 0 Å². The number of rotatable bonds is 7. The molecule has 0 atom stereocenters. The third-order valence-corrected chi connectivity index (χ3v) is 7.74. The van der Waals surface area contributed by atoms with Crippen LogP contribution in [0.5, 0.6) is 0 Å². The zero-order valence-corrected chi connectivity index (χ0v) is 17.6. The van der Waals surface area contributed by atoms with Crippen LogP contribution in [-0.2, 0) is 33.7 Å². The second kappa shape index (κ2) is 9.11. The van der Waals surface area contributed by atoms with Gasteiger partial charge < -0.3 is 4.94 Å². The van der Waals surface area contributed by atoms with E-state index in [4.69, 9.17) is 5.90 Å². The molecule has 0 aromatic carbocycles. The summed E-state index contributed by atoms with van der Waals surface area (Å²) in [5, 5.41) is 3.60. The number of allylic oxidation sites excluding steroid dienone is 4. The Morgan fingerprint density at radius 2 is 2.21 bits per heavy atom. The number of hydrogen-bond acceptors (Lipinski definition) is 8. The fraction of sp³-hybridized carbons (Fsp3) is 0.471. The molecule has 3 rings (SSSR count). The Kier molecular flexibility index (Phi) is 6.77. The molecule has 0 bridgehead atoms. The predicted octanol–water partition coefficient (Wildman–Crippen LogP) is 0.0677. The van der Waals surface area contributed by atoms with E-state index in [-0.39, 0.29) is 22.7 Å². The number of aromatic nitrogens is 2. The zero-order chi connectivity index (χ0) is 21.0. The van der Waals surface area contributed by atoms with Gasteiger partial charge in [0.2, 0.25) is 10.0 Å². The van der Waals surface area contributed by atoms with E-state index in [1.807, 2.05) is 0 Å². The Hall–Kier alpha value is -2.15. The summed E-state index contributed by atoms with van der Waals surface area (Å²) in [7, 11) is -2.32. The maximum atomic E-state index is 12.9. The summed E-state index contributed by atoms with van der Waals surface area (Å²) >= 11 is 1.65. The Bertz CT molecular complexity index is 1080. The van der Waals surface area contributed by atoms with Crippen molar-refractivity contribution in [3.05, 3.63) is 55.2 Å². The minimum atomic E-state index is -3.79. The molecule has 29 heavy (non-hydrogen) atoms. The van der Waals surface area contributed by atoms with Crippen LogP contribution in [-0.4, -0.2) is 47.3 Å². The summed E-state index contributed by atoms with van der Waals surface area (Å²) in [6.07, 6.45) is 6.19. The van der Waals surface area contributed by atoms with Crippen LogP contribution in [0.3, 0.4) is 0 Å². The van der Waals surface area contributed by atoms with Crippen molar-refractivity contribution in [3.8, 4) is 0 Å². The van der Waals surface area contributed by atoms with Gasteiger partial charge in [0, 0.05) is 43.6 Å². The van der Waals surface area contributed by atoms with Crippen molar-refractivity contribution < 1.29 is 13.4 Å². The largest absolute Gasteiger partial charge is 0.328 e. The van der Waals surface area contributed by atoms with E-state index in [0.717, 1.165) is 11.4 Å². The molecule has 2 aliphatic rings. The highest BCUT2D eigenvalue weighted by Crippen LogP contribution is 2.22. The van der Waals surface area contributed by atoms with Crippen LogP contribution in [0.1, 0.15) is 24.1 Å². The second-order valence-electron chi connectivity index (χ2n) is 6.63. The summed E-state index contributed by atoms with van der Waals surface area (Å²) in [6, 6.07) is 0. The summed E-state index contributed by atoms with van der Waals surface area (Å²) in [5.41, 5.74) is 0.812. The first-order valence-corrected chi connectivity index (χ1v) is 11.6. The minimum Gasteiger partial charge on any atom is -0.302 e. The SMILES string of the molecule is CN(CCCn1c2c(c(=O)[nH]c1=O)CSCC2)S(=O)(=O)C1=CC=CC/C1=N\ON. The molecule has 12 heteroatoms. The van der Waals surface area contributed by atoms with Crippen LogP contribution in [0.15, 0.2) is 37.9 Å². The van der Waals surface area contributed by atoms with Gasteiger partial charge >= 0.3 is 5.69 Å². The van der Waals surface area contributed by atoms with Crippen molar-refractivity contribution in [3.63, 3.8) is 0 Å². The number of hydrogen-bond donors (Lipinski definition) is 2.